The number of aromatic nitrogens is 1. The third kappa shape index (κ3) is 3.65. The topological polar surface area (TPSA) is 17.0 Å². The van der Waals surface area contributed by atoms with E-state index in [1.54, 1.807) is 0 Å². The van der Waals surface area contributed by atoms with Crippen molar-refractivity contribution < 1.29 is 0 Å². The summed E-state index contributed by atoms with van der Waals surface area (Å²) >= 11 is 0. The van der Waals surface area contributed by atoms with Crippen LogP contribution in [-0.4, -0.2) is 17.7 Å². The average Bonchev–Trinajstić information content (AvgIpc) is 2.83. The molecule has 1 aromatic carbocycles. The predicted molar refractivity (Wildman–Crippen MR) is 86.9 cm³/mol. The fourth-order valence-corrected chi connectivity index (χ4v) is 2.53. The van der Waals surface area contributed by atoms with Crippen molar-refractivity contribution in [1.29, 1.82) is 0 Å². The van der Waals surface area contributed by atoms with Crippen LogP contribution in [0.1, 0.15) is 32.3 Å². The lowest BCUT2D eigenvalue weighted by molar-refractivity contribution is 0.670. The zero-order valence-corrected chi connectivity index (χ0v) is 12.6. The van der Waals surface area contributed by atoms with Gasteiger partial charge in [-0.25, -0.2) is 0 Å². The lowest BCUT2D eigenvalue weighted by Crippen LogP contribution is -2.17. The number of aryl methyl sites for hydroxylation is 1. The normalized spacial score (nSPS) is 10.5. The second-order valence-electron chi connectivity index (χ2n) is 5.04. The molecule has 0 unspecified atom stereocenters. The summed E-state index contributed by atoms with van der Waals surface area (Å²) in [5.41, 5.74) is 2.77. The van der Waals surface area contributed by atoms with Crippen molar-refractivity contribution >= 4 is 10.9 Å². The summed E-state index contributed by atoms with van der Waals surface area (Å²) in [5.74, 6) is 6.12. The molecule has 0 fully saturated rings. The SMILES string of the molecule is CC#CCCn1cc(CCNCCC)c2ccccc21. The van der Waals surface area contributed by atoms with E-state index in [2.05, 4.69) is 59.1 Å². The Kier molecular flexibility index (Phi) is 5.70. The van der Waals surface area contributed by atoms with Gasteiger partial charge in [0.1, 0.15) is 0 Å². The first-order valence-electron chi connectivity index (χ1n) is 7.54. The van der Waals surface area contributed by atoms with Crippen molar-refractivity contribution in [2.75, 3.05) is 13.1 Å². The van der Waals surface area contributed by atoms with Crippen LogP contribution in [0.5, 0.6) is 0 Å². The number of para-hydroxylation sites is 1. The molecule has 0 saturated heterocycles. The van der Waals surface area contributed by atoms with Gasteiger partial charge in [0.25, 0.3) is 0 Å². The minimum atomic E-state index is 0.919. The van der Waals surface area contributed by atoms with Crippen LogP contribution in [0.2, 0.25) is 0 Å². The number of hydrogen-bond donors (Lipinski definition) is 1. The molecule has 2 heteroatoms. The van der Waals surface area contributed by atoms with Crippen molar-refractivity contribution in [2.45, 2.75) is 39.7 Å². The quantitative estimate of drug-likeness (QED) is 0.600. The Hall–Kier alpha value is -1.72. The summed E-state index contributed by atoms with van der Waals surface area (Å²) in [5, 5.41) is 4.86. The molecule has 1 heterocycles. The van der Waals surface area contributed by atoms with Crippen LogP contribution in [-0.2, 0) is 13.0 Å². The maximum absolute atomic E-state index is 3.48. The minimum absolute atomic E-state index is 0.919. The highest BCUT2D eigenvalue weighted by molar-refractivity contribution is 5.84. The maximum atomic E-state index is 3.48. The van der Waals surface area contributed by atoms with Gasteiger partial charge in [-0.15, -0.1) is 11.8 Å². The molecule has 2 nitrogen and oxygen atoms in total. The molecule has 1 N–H and O–H groups in total. The van der Waals surface area contributed by atoms with Gasteiger partial charge in [0.2, 0.25) is 0 Å². The summed E-state index contributed by atoms with van der Waals surface area (Å²) in [6, 6.07) is 8.68. The molecular formula is C18H24N2. The molecule has 0 aliphatic carbocycles. The van der Waals surface area contributed by atoms with Gasteiger partial charge in [0.05, 0.1) is 0 Å². The monoisotopic (exact) mass is 268 g/mol. The Balaban J connectivity index is 2.14. The van der Waals surface area contributed by atoms with E-state index in [9.17, 15) is 0 Å². The lowest BCUT2D eigenvalue weighted by Gasteiger charge is -2.01. The Morgan fingerprint density at radius 2 is 2.05 bits per heavy atom. The van der Waals surface area contributed by atoms with Gasteiger partial charge in [-0.2, -0.15) is 0 Å². The zero-order chi connectivity index (χ0) is 14.2. The second kappa shape index (κ2) is 7.77. The maximum Gasteiger partial charge on any atom is 0.0483 e. The molecule has 0 bridgehead atoms. The van der Waals surface area contributed by atoms with Crippen LogP contribution < -0.4 is 5.32 Å². The van der Waals surface area contributed by atoms with Gasteiger partial charge in [0.15, 0.2) is 0 Å². The molecule has 0 radical (unpaired) electrons. The molecule has 1 aromatic heterocycles. The summed E-state index contributed by atoms with van der Waals surface area (Å²) in [6.07, 6.45) is 5.50. The van der Waals surface area contributed by atoms with Gasteiger partial charge < -0.3 is 9.88 Å². The van der Waals surface area contributed by atoms with Gasteiger partial charge in [-0.3, -0.25) is 0 Å². The molecule has 0 atom stereocenters. The van der Waals surface area contributed by atoms with Crippen molar-refractivity contribution in [3.8, 4) is 11.8 Å². The second-order valence-corrected chi connectivity index (χ2v) is 5.04. The first kappa shape index (κ1) is 14.7. The van der Waals surface area contributed by atoms with Crippen LogP contribution in [0.4, 0.5) is 0 Å². The van der Waals surface area contributed by atoms with Crippen molar-refractivity contribution in [1.82, 2.24) is 9.88 Å². The van der Waals surface area contributed by atoms with Gasteiger partial charge in [-0.1, -0.05) is 25.1 Å². The molecular weight excluding hydrogens is 244 g/mol. The van der Waals surface area contributed by atoms with Crippen molar-refractivity contribution in [3.05, 3.63) is 36.0 Å². The van der Waals surface area contributed by atoms with Crippen LogP contribution in [0.25, 0.3) is 10.9 Å². The predicted octanol–water partition coefficient (Wildman–Crippen LogP) is 3.60. The molecule has 0 spiro atoms. The van der Waals surface area contributed by atoms with Crippen LogP contribution in [0, 0.1) is 11.8 Å². The molecule has 0 aliphatic rings. The number of benzene rings is 1. The first-order valence-corrected chi connectivity index (χ1v) is 7.54. The third-order valence-corrected chi connectivity index (χ3v) is 3.52. The summed E-state index contributed by atoms with van der Waals surface area (Å²) in [4.78, 5) is 0. The zero-order valence-electron chi connectivity index (χ0n) is 12.6. The number of nitrogens with zero attached hydrogens (tertiary/aromatic N) is 1. The molecule has 2 aromatic rings. The van der Waals surface area contributed by atoms with Crippen LogP contribution in [0.15, 0.2) is 30.5 Å². The Morgan fingerprint density at radius 1 is 1.20 bits per heavy atom. The van der Waals surface area contributed by atoms with Crippen molar-refractivity contribution in [2.24, 2.45) is 0 Å². The smallest absolute Gasteiger partial charge is 0.0483 e. The number of hydrogen-bond acceptors (Lipinski definition) is 1. The molecule has 20 heavy (non-hydrogen) atoms. The minimum Gasteiger partial charge on any atom is -0.346 e. The van der Waals surface area contributed by atoms with Gasteiger partial charge in [-0.05, 0) is 44.5 Å². The highest BCUT2D eigenvalue weighted by Crippen LogP contribution is 2.21. The first-order chi connectivity index (χ1) is 9.86. The molecule has 0 amide bonds. The number of rotatable bonds is 7. The number of fused-ring (bicyclic) bond motifs is 1. The number of nitrogens with one attached hydrogen (secondary N) is 1. The van der Waals surface area contributed by atoms with Crippen molar-refractivity contribution in [3.63, 3.8) is 0 Å². The standard InChI is InChI=1S/C18H24N2/c1-3-5-8-14-20-15-16(11-13-19-12-4-2)17-9-6-7-10-18(17)20/h6-7,9-10,15,19H,4,8,11-14H2,1-2H3. The van der Waals surface area contributed by atoms with E-state index in [1.165, 1.54) is 22.9 Å². The Labute approximate surface area is 122 Å². The van der Waals surface area contributed by atoms with Crippen LogP contribution in [0.3, 0.4) is 0 Å². The fourth-order valence-electron chi connectivity index (χ4n) is 2.53. The summed E-state index contributed by atoms with van der Waals surface area (Å²) in [7, 11) is 0. The Morgan fingerprint density at radius 3 is 2.85 bits per heavy atom. The molecule has 0 aliphatic heterocycles. The van der Waals surface area contributed by atoms with E-state index >= 15 is 0 Å². The van der Waals surface area contributed by atoms with Crippen LogP contribution >= 0.6 is 0 Å². The van der Waals surface area contributed by atoms with Gasteiger partial charge >= 0.3 is 0 Å². The third-order valence-electron chi connectivity index (χ3n) is 3.52. The van der Waals surface area contributed by atoms with E-state index in [4.69, 9.17) is 0 Å². The van der Waals surface area contributed by atoms with E-state index in [0.717, 1.165) is 32.5 Å². The molecule has 106 valence electrons. The van der Waals surface area contributed by atoms with E-state index in [-0.39, 0.29) is 0 Å². The fraction of sp³-hybridized carbons (Fsp3) is 0.444. The Bertz CT molecular complexity index is 599. The average molecular weight is 268 g/mol. The summed E-state index contributed by atoms with van der Waals surface area (Å²) in [6.45, 7) is 7.23. The van der Waals surface area contributed by atoms with Gasteiger partial charge in [0, 0.05) is 30.1 Å². The van der Waals surface area contributed by atoms with E-state index in [1.807, 2.05) is 6.92 Å². The van der Waals surface area contributed by atoms with E-state index in [0.29, 0.717) is 0 Å². The summed E-state index contributed by atoms with van der Waals surface area (Å²) < 4.78 is 2.34. The highest BCUT2D eigenvalue weighted by atomic mass is 15.0. The highest BCUT2D eigenvalue weighted by Gasteiger charge is 2.07. The lowest BCUT2D eigenvalue weighted by atomic mass is 10.1. The van der Waals surface area contributed by atoms with E-state index < -0.39 is 0 Å². The molecule has 0 saturated carbocycles. The molecule has 2 rings (SSSR count). The largest absolute Gasteiger partial charge is 0.346 e.